The van der Waals surface area contributed by atoms with Crippen molar-refractivity contribution >= 4 is 18.0 Å². The molecule has 1 unspecified atom stereocenters. The summed E-state index contributed by atoms with van der Waals surface area (Å²) in [5.41, 5.74) is -0.193. The molecule has 184 valence electrons. The first-order valence-corrected chi connectivity index (χ1v) is 10.8. The molecule has 10 heteroatoms. The maximum absolute atomic E-state index is 13.5. The van der Waals surface area contributed by atoms with Crippen molar-refractivity contribution in [2.24, 2.45) is 11.8 Å². The maximum atomic E-state index is 13.5. The minimum absolute atomic E-state index is 0.0291. The summed E-state index contributed by atoms with van der Waals surface area (Å²) in [4.78, 5) is 40.2. The normalized spacial score (nSPS) is 20.0. The molecule has 1 heterocycles. The summed E-state index contributed by atoms with van der Waals surface area (Å²) in [7, 11) is 0. The van der Waals surface area contributed by atoms with E-state index in [1.807, 2.05) is 0 Å². The Balaban J connectivity index is 2.45. The zero-order valence-electron chi connectivity index (χ0n) is 19.4. The molecule has 1 aliphatic heterocycles. The Labute approximate surface area is 191 Å². The lowest BCUT2D eigenvalue weighted by Gasteiger charge is -2.37. The van der Waals surface area contributed by atoms with Gasteiger partial charge in [-0.05, 0) is 38.7 Å². The minimum atomic E-state index is -4.63. The number of benzene rings is 1. The molecule has 0 aromatic heterocycles. The second kappa shape index (κ2) is 10.0. The van der Waals surface area contributed by atoms with Gasteiger partial charge in [0.05, 0.1) is 5.92 Å². The van der Waals surface area contributed by atoms with E-state index in [2.05, 4.69) is 0 Å². The highest BCUT2D eigenvalue weighted by Crippen LogP contribution is 2.37. The zero-order chi connectivity index (χ0) is 25.1. The average Bonchev–Trinajstić information content (AvgIpc) is 3.13. The Hall–Kier alpha value is -2.78. The van der Waals surface area contributed by atoms with Crippen LogP contribution >= 0.6 is 0 Å². The number of carbonyl (C=O) groups is 3. The van der Waals surface area contributed by atoms with Crippen LogP contribution in [0.25, 0.3) is 0 Å². The van der Waals surface area contributed by atoms with Crippen LogP contribution in [0.3, 0.4) is 0 Å². The lowest BCUT2D eigenvalue weighted by Crippen LogP contribution is -2.56. The summed E-state index contributed by atoms with van der Waals surface area (Å²) in [6.45, 7) is 7.48. The van der Waals surface area contributed by atoms with E-state index in [1.165, 1.54) is 4.90 Å². The monoisotopic (exact) mass is 472 g/mol. The van der Waals surface area contributed by atoms with Crippen molar-refractivity contribution in [2.45, 2.75) is 71.4 Å². The van der Waals surface area contributed by atoms with E-state index in [9.17, 15) is 32.7 Å². The fourth-order valence-corrected chi connectivity index (χ4v) is 3.88. The fourth-order valence-electron chi connectivity index (χ4n) is 3.88. The third-order valence-corrected chi connectivity index (χ3v) is 5.38. The summed E-state index contributed by atoms with van der Waals surface area (Å²) in [6, 6.07) is 5.94. The molecule has 0 aliphatic carbocycles. The van der Waals surface area contributed by atoms with Crippen molar-refractivity contribution in [1.82, 2.24) is 9.80 Å². The summed E-state index contributed by atoms with van der Waals surface area (Å²) in [5, 5.41) is 9.51. The Morgan fingerprint density at radius 2 is 1.73 bits per heavy atom. The Bertz CT molecular complexity index is 852. The third kappa shape index (κ3) is 6.85. The fraction of sp³-hybridized carbons (Fsp3) is 0.609. The van der Waals surface area contributed by atoms with Gasteiger partial charge in [0.2, 0.25) is 5.91 Å². The van der Waals surface area contributed by atoms with Gasteiger partial charge in [-0.1, -0.05) is 44.2 Å². The van der Waals surface area contributed by atoms with Crippen molar-refractivity contribution in [2.75, 3.05) is 6.54 Å². The summed E-state index contributed by atoms with van der Waals surface area (Å²) in [5.74, 6) is -4.82. The number of ether oxygens (including phenoxy) is 1. The molecular formula is C23H31F3N2O5. The van der Waals surface area contributed by atoms with Gasteiger partial charge in [-0.3, -0.25) is 9.69 Å². The van der Waals surface area contributed by atoms with Crippen LogP contribution in [0.2, 0.25) is 0 Å². The molecule has 1 aliphatic rings. The van der Waals surface area contributed by atoms with E-state index in [-0.39, 0.29) is 6.54 Å². The molecule has 2 rings (SSSR count). The second-order valence-corrected chi connectivity index (χ2v) is 9.60. The van der Waals surface area contributed by atoms with Crippen LogP contribution in [-0.4, -0.2) is 63.3 Å². The molecule has 3 atom stereocenters. The quantitative estimate of drug-likeness (QED) is 0.667. The predicted octanol–water partition coefficient (Wildman–Crippen LogP) is 4.31. The number of carbonyl (C=O) groups excluding carboxylic acids is 2. The number of hydrogen-bond donors (Lipinski definition) is 1. The molecule has 1 saturated heterocycles. The largest absolute Gasteiger partial charge is 0.480 e. The number of aliphatic carboxylic acids is 1. The van der Waals surface area contributed by atoms with Gasteiger partial charge in [0.25, 0.3) is 0 Å². The summed E-state index contributed by atoms with van der Waals surface area (Å²) in [6.07, 6.45) is -6.16. The first-order valence-electron chi connectivity index (χ1n) is 10.8. The lowest BCUT2D eigenvalue weighted by molar-refractivity contribution is -0.171. The summed E-state index contributed by atoms with van der Waals surface area (Å²) < 4.78 is 45.5. The highest BCUT2D eigenvalue weighted by molar-refractivity contribution is 5.90. The van der Waals surface area contributed by atoms with E-state index >= 15 is 0 Å². The molecule has 0 radical (unpaired) electrons. The standard InChI is InChI=1S/C23H31F3N2O5/c1-14(2)18(19(29)27-13-16(23(24,25)26)11-17(27)20(30)31)28(21(32)33-22(3,4)5)12-15-9-7-6-8-10-15/h6-10,14,16-18H,11-13H2,1-5H3,(H,30,31)/t16-,17+,18?/m1/s1. The van der Waals surface area contributed by atoms with E-state index in [0.717, 1.165) is 4.90 Å². The molecule has 33 heavy (non-hydrogen) atoms. The van der Waals surface area contributed by atoms with Gasteiger partial charge in [-0.25, -0.2) is 9.59 Å². The number of hydrogen-bond acceptors (Lipinski definition) is 4. The van der Waals surface area contributed by atoms with Crippen LogP contribution in [0.15, 0.2) is 30.3 Å². The molecule has 0 bridgehead atoms. The van der Waals surface area contributed by atoms with Crippen LogP contribution in [0.5, 0.6) is 0 Å². The smallest absolute Gasteiger partial charge is 0.411 e. The number of amides is 2. The van der Waals surface area contributed by atoms with Crippen LogP contribution in [0.1, 0.15) is 46.6 Å². The van der Waals surface area contributed by atoms with Gasteiger partial charge in [-0.15, -0.1) is 0 Å². The first kappa shape index (κ1) is 26.5. The van der Waals surface area contributed by atoms with Gasteiger partial charge >= 0.3 is 18.2 Å². The zero-order valence-corrected chi connectivity index (χ0v) is 19.4. The van der Waals surface area contributed by atoms with E-state index in [1.54, 1.807) is 65.0 Å². The number of alkyl halides is 3. The van der Waals surface area contributed by atoms with Crippen LogP contribution in [0, 0.1) is 11.8 Å². The molecule has 1 N–H and O–H groups in total. The SMILES string of the molecule is CC(C)C(C(=O)N1C[C@H](C(F)(F)F)C[C@H]1C(=O)O)N(Cc1ccccc1)C(=O)OC(C)(C)C. The number of halogens is 3. The Morgan fingerprint density at radius 1 is 1.15 bits per heavy atom. The lowest BCUT2D eigenvalue weighted by atomic mass is 9.99. The van der Waals surface area contributed by atoms with Crippen molar-refractivity contribution < 1.29 is 37.4 Å². The Kier molecular flexibility index (Phi) is 8.03. The molecule has 0 saturated carbocycles. The van der Waals surface area contributed by atoms with E-state index in [0.29, 0.717) is 5.56 Å². The highest BCUT2D eigenvalue weighted by atomic mass is 19.4. The molecule has 1 aromatic rings. The molecular weight excluding hydrogens is 441 g/mol. The number of rotatable bonds is 6. The topological polar surface area (TPSA) is 87.2 Å². The summed E-state index contributed by atoms with van der Waals surface area (Å²) >= 11 is 0. The van der Waals surface area contributed by atoms with Gasteiger partial charge in [0.15, 0.2) is 0 Å². The van der Waals surface area contributed by atoms with Crippen molar-refractivity contribution in [3.8, 4) is 0 Å². The van der Waals surface area contributed by atoms with Gasteiger partial charge in [0.1, 0.15) is 17.7 Å². The number of carboxylic acids is 1. The number of likely N-dealkylation sites (tertiary alicyclic amines) is 1. The highest BCUT2D eigenvalue weighted by Gasteiger charge is 2.52. The molecule has 0 spiro atoms. The molecule has 7 nitrogen and oxygen atoms in total. The number of nitrogens with zero attached hydrogens (tertiary/aromatic N) is 2. The van der Waals surface area contributed by atoms with Crippen LogP contribution < -0.4 is 0 Å². The maximum Gasteiger partial charge on any atom is 0.411 e. The van der Waals surface area contributed by atoms with E-state index < -0.39 is 66.6 Å². The van der Waals surface area contributed by atoms with Gasteiger partial charge < -0.3 is 14.7 Å². The molecule has 2 amide bonds. The van der Waals surface area contributed by atoms with Crippen LogP contribution in [-0.2, 0) is 20.9 Å². The van der Waals surface area contributed by atoms with Crippen molar-refractivity contribution in [3.63, 3.8) is 0 Å². The predicted molar refractivity (Wildman–Crippen MR) is 114 cm³/mol. The van der Waals surface area contributed by atoms with Gasteiger partial charge in [-0.2, -0.15) is 13.2 Å². The molecule has 1 fully saturated rings. The molecule has 1 aromatic carbocycles. The van der Waals surface area contributed by atoms with Gasteiger partial charge in [0, 0.05) is 13.1 Å². The van der Waals surface area contributed by atoms with Crippen molar-refractivity contribution in [1.29, 1.82) is 0 Å². The first-order chi connectivity index (χ1) is 15.1. The second-order valence-electron chi connectivity index (χ2n) is 9.60. The van der Waals surface area contributed by atoms with E-state index in [4.69, 9.17) is 4.74 Å². The number of carboxylic acid groups (broad SMARTS) is 1. The minimum Gasteiger partial charge on any atom is -0.480 e. The van der Waals surface area contributed by atoms with Crippen molar-refractivity contribution in [3.05, 3.63) is 35.9 Å². The Morgan fingerprint density at radius 3 is 2.18 bits per heavy atom. The average molecular weight is 473 g/mol. The van der Waals surface area contributed by atoms with Crippen LogP contribution in [0.4, 0.5) is 18.0 Å². The third-order valence-electron chi connectivity index (χ3n) is 5.38.